The first-order valence-corrected chi connectivity index (χ1v) is 18.5. The SMILES string of the molecule is CCOC(=O)N(CCc1cccs1)CC1(O)CCC2C34C=CC5(C=C3C(=O)c3ccc(C)s3)CC(O)CCC5(C)C4CCC21C. The Bertz CT molecular complexity index is 1550. The maximum absolute atomic E-state index is 14.6. The van der Waals surface area contributed by atoms with Crippen molar-refractivity contribution in [1.82, 2.24) is 4.90 Å². The summed E-state index contributed by atoms with van der Waals surface area (Å²) in [6, 6.07) is 8.10. The van der Waals surface area contributed by atoms with Crippen LogP contribution in [0.5, 0.6) is 0 Å². The predicted octanol–water partition coefficient (Wildman–Crippen LogP) is 7.59. The second-order valence-electron chi connectivity index (χ2n) is 15.0. The van der Waals surface area contributed by atoms with E-state index in [4.69, 9.17) is 4.74 Å². The van der Waals surface area contributed by atoms with Gasteiger partial charge in [0.25, 0.3) is 0 Å². The first kappa shape index (κ1) is 31.3. The number of rotatable bonds is 8. The number of aliphatic hydroxyl groups is 2. The molecule has 0 saturated heterocycles. The zero-order valence-electron chi connectivity index (χ0n) is 27.0. The van der Waals surface area contributed by atoms with Gasteiger partial charge in [-0.3, -0.25) is 4.79 Å². The number of aryl methyl sites for hydroxylation is 1. The molecule has 2 heterocycles. The van der Waals surface area contributed by atoms with Gasteiger partial charge in [0.1, 0.15) is 0 Å². The molecule has 2 aromatic rings. The summed E-state index contributed by atoms with van der Waals surface area (Å²) in [7, 11) is 0. The second kappa shape index (κ2) is 10.9. The number of allylic oxidation sites excluding steroid dienone is 4. The van der Waals surface area contributed by atoms with Crippen LogP contribution in [0.4, 0.5) is 4.79 Å². The Hall–Kier alpha value is -2.26. The normalized spacial score (nSPS) is 39.5. The molecule has 2 bridgehead atoms. The summed E-state index contributed by atoms with van der Waals surface area (Å²) in [6.07, 6.45) is 12.4. The highest BCUT2D eigenvalue weighted by molar-refractivity contribution is 7.14. The predicted molar refractivity (Wildman–Crippen MR) is 179 cm³/mol. The number of thiophene rings is 2. The highest BCUT2D eigenvalue weighted by Crippen LogP contribution is 2.78. The molecule has 6 aliphatic carbocycles. The molecule has 2 aromatic heterocycles. The molecule has 3 saturated carbocycles. The summed E-state index contributed by atoms with van der Waals surface area (Å²) in [5.74, 6) is 0.394. The minimum Gasteiger partial charge on any atom is -0.450 e. The number of fused-ring (bicyclic) bond motifs is 1. The molecule has 8 unspecified atom stereocenters. The van der Waals surface area contributed by atoms with Crippen molar-refractivity contribution in [1.29, 1.82) is 0 Å². The van der Waals surface area contributed by atoms with Crippen molar-refractivity contribution < 1.29 is 24.5 Å². The van der Waals surface area contributed by atoms with Crippen LogP contribution < -0.4 is 0 Å². The molecule has 2 N–H and O–H groups in total. The molecule has 8 rings (SSSR count). The monoisotopic (exact) mass is 649 g/mol. The summed E-state index contributed by atoms with van der Waals surface area (Å²) in [4.78, 5) is 32.7. The molecule has 6 aliphatic rings. The zero-order valence-corrected chi connectivity index (χ0v) is 28.6. The van der Waals surface area contributed by atoms with E-state index >= 15 is 0 Å². The van der Waals surface area contributed by atoms with Gasteiger partial charge in [-0.2, -0.15) is 0 Å². The second-order valence-corrected chi connectivity index (χ2v) is 17.3. The molecule has 242 valence electrons. The van der Waals surface area contributed by atoms with Crippen LogP contribution in [0, 0.1) is 40.4 Å². The minimum atomic E-state index is -1.11. The van der Waals surface area contributed by atoms with Crippen LogP contribution in [0.3, 0.4) is 0 Å². The Morgan fingerprint density at radius 1 is 1.04 bits per heavy atom. The number of nitrogens with zero attached hydrogens (tertiary/aromatic N) is 1. The summed E-state index contributed by atoms with van der Waals surface area (Å²) in [5.41, 5.74) is -1.67. The molecule has 6 nitrogen and oxygen atoms in total. The van der Waals surface area contributed by atoms with E-state index in [2.05, 4.69) is 38.1 Å². The Kier molecular flexibility index (Phi) is 7.59. The lowest BCUT2D eigenvalue weighted by Gasteiger charge is -2.71. The van der Waals surface area contributed by atoms with Crippen LogP contribution in [-0.4, -0.2) is 58.4 Å². The number of carbonyl (C=O) groups excluding carboxylic acids is 2. The van der Waals surface area contributed by atoms with E-state index in [1.807, 2.05) is 37.4 Å². The molecule has 3 fully saturated rings. The molecular weight excluding hydrogens is 603 g/mol. The number of aliphatic hydroxyl groups excluding tert-OH is 1. The van der Waals surface area contributed by atoms with Gasteiger partial charge in [-0.1, -0.05) is 38.1 Å². The molecular formula is C37H47NO5S2. The third-order valence-corrected chi connectivity index (χ3v) is 15.0. The van der Waals surface area contributed by atoms with Crippen molar-refractivity contribution >= 4 is 34.6 Å². The fraction of sp³-hybridized carbons (Fsp3) is 0.622. The molecule has 2 spiro atoms. The van der Waals surface area contributed by atoms with Gasteiger partial charge in [0.15, 0.2) is 5.78 Å². The number of hydrogen-bond acceptors (Lipinski definition) is 7. The lowest BCUT2D eigenvalue weighted by atomic mass is 9.32. The number of amides is 1. The Labute approximate surface area is 275 Å². The van der Waals surface area contributed by atoms with Gasteiger partial charge in [-0.15, -0.1) is 22.7 Å². The van der Waals surface area contributed by atoms with Crippen LogP contribution >= 0.6 is 22.7 Å². The van der Waals surface area contributed by atoms with Gasteiger partial charge < -0.3 is 19.8 Å². The van der Waals surface area contributed by atoms with Crippen molar-refractivity contribution in [2.75, 3.05) is 19.7 Å². The van der Waals surface area contributed by atoms with Crippen LogP contribution in [0.1, 0.15) is 85.1 Å². The number of hydrogen-bond donors (Lipinski definition) is 2. The fourth-order valence-corrected chi connectivity index (χ4v) is 12.3. The molecule has 8 atom stereocenters. The molecule has 0 aliphatic heterocycles. The van der Waals surface area contributed by atoms with Crippen molar-refractivity contribution in [3.63, 3.8) is 0 Å². The first-order valence-electron chi connectivity index (χ1n) is 16.8. The zero-order chi connectivity index (χ0) is 31.8. The van der Waals surface area contributed by atoms with Crippen LogP contribution in [0.2, 0.25) is 0 Å². The van der Waals surface area contributed by atoms with E-state index in [-0.39, 0.29) is 53.8 Å². The number of ether oxygens (including phenoxy) is 1. The average molecular weight is 650 g/mol. The quantitative estimate of drug-likeness (QED) is 0.227. The van der Waals surface area contributed by atoms with Gasteiger partial charge >= 0.3 is 6.09 Å². The van der Waals surface area contributed by atoms with E-state index in [1.165, 1.54) is 4.88 Å². The summed E-state index contributed by atoms with van der Waals surface area (Å²) in [5, 5.41) is 25.7. The minimum absolute atomic E-state index is 0.0459. The maximum atomic E-state index is 14.6. The van der Waals surface area contributed by atoms with Crippen molar-refractivity contribution in [3.8, 4) is 0 Å². The highest BCUT2D eigenvalue weighted by Gasteiger charge is 2.74. The molecule has 45 heavy (non-hydrogen) atoms. The van der Waals surface area contributed by atoms with Crippen LogP contribution in [0.25, 0.3) is 0 Å². The Morgan fingerprint density at radius 3 is 2.51 bits per heavy atom. The van der Waals surface area contributed by atoms with Crippen LogP contribution in [0.15, 0.2) is 53.4 Å². The van der Waals surface area contributed by atoms with Crippen molar-refractivity contribution in [3.05, 3.63) is 68.1 Å². The van der Waals surface area contributed by atoms with Gasteiger partial charge in [0.05, 0.1) is 29.7 Å². The molecule has 0 aromatic carbocycles. The number of ketones is 1. The molecule has 8 heteroatoms. The fourth-order valence-electron chi connectivity index (χ4n) is 10.8. The number of Topliss-reactive ketones (excluding diaryl/α,β-unsaturated/α-hetero) is 1. The summed E-state index contributed by atoms with van der Waals surface area (Å²) in [6.45, 7) is 9.49. The third-order valence-electron chi connectivity index (χ3n) is 13.1. The smallest absolute Gasteiger partial charge is 0.409 e. The Morgan fingerprint density at radius 2 is 1.80 bits per heavy atom. The van der Waals surface area contributed by atoms with E-state index in [0.29, 0.717) is 19.4 Å². The average Bonchev–Trinajstić information content (AvgIpc) is 3.75. The molecule has 1 amide bonds. The summed E-state index contributed by atoms with van der Waals surface area (Å²) >= 11 is 3.23. The summed E-state index contributed by atoms with van der Waals surface area (Å²) < 4.78 is 5.51. The third kappa shape index (κ3) is 4.45. The highest BCUT2D eigenvalue weighted by atomic mass is 32.1. The maximum Gasteiger partial charge on any atom is 0.409 e. The van der Waals surface area contributed by atoms with Gasteiger partial charge in [-0.05, 0) is 106 Å². The Balaban J connectivity index is 1.29. The topological polar surface area (TPSA) is 87.1 Å². The van der Waals surface area contributed by atoms with E-state index in [1.54, 1.807) is 27.6 Å². The largest absolute Gasteiger partial charge is 0.450 e. The van der Waals surface area contributed by atoms with Crippen LogP contribution in [-0.2, 0) is 11.2 Å². The van der Waals surface area contributed by atoms with Gasteiger partial charge in [-0.25, -0.2) is 4.79 Å². The van der Waals surface area contributed by atoms with Gasteiger partial charge in [0, 0.05) is 38.1 Å². The lowest BCUT2D eigenvalue weighted by molar-refractivity contribution is -0.175. The van der Waals surface area contributed by atoms with E-state index in [9.17, 15) is 19.8 Å². The number of carbonyl (C=O) groups is 2. The van der Waals surface area contributed by atoms with Crippen molar-refractivity contribution in [2.45, 2.75) is 90.8 Å². The van der Waals surface area contributed by atoms with E-state index in [0.717, 1.165) is 53.9 Å². The first-order chi connectivity index (χ1) is 21.4. The molecule has 0 radical (unpaired) electrons. The lowest BCUT2D eigenvalue weighted by Crippen LogP contribution is -2.67. The van der Waals surface area contributed by atoms with Gasteiger partial charge in [0.2, 0.25) is 0 Å². The standard InChI is InChI=1S/C37H47NO5S2/c1-5-43-32(41)38(19-13-26-7-6-20-44-26)23-36(42)16-12-30-34(36,4)15-11-29-33(3)14-10-25(39)21-35(33)17-18-37(29,30)27(22-35)31(40)28-9-8-24(2)45-28/h6-9,17-18,20,22,25,29-30,39,42H,5,10-16,19,21,23H2,1-4H3. The van der Waals surface area contributed by atoms with Crippen molar-refractivity contribution in [2.24, 2.45) is 33.5 Å². The van der Waals surface area contributed by atoms with E-state index < -0.39 is 16.4 Å².